The number of benzene rings is 8. The number of nitrogens with zero attached hydrogens (tertiary/aromatic N) is 1. The Morgan fingerprint density at radius 3 is 2.00 bits per heavy atom. The molecule has 62 heavy (non-hydrogen) atoms. The molecule has 0 radical (unpaired) electrons. The topological polar surface area (TPSA) is 16.4 Å². The molecule has 0 bridgehead atoms. The Hall–Kier alpha value is -6.59. The number of thiophene rings is 1. The van der Waals surface area contributed by atoms with Gasteiger partial charge in [-0.2, -0.15) is 0 Å². The number of rotatable bonds is 5. The molecule has 0 spiro atoms. The van der Waals surface area contributed by atoms with E-state index in [-0.39, 0.29) is 10.8 Å². The summed E-state index contributed by atoms with van der Waals surface area (Å²) in [4.78, 5) is 3.76. The smallest absolute Gasteiger partial charge is 0.159 e. The van der Waals surface area contributed by atoms with E-state index >= 15 is 0 Å². The molecule has 296 valence electrons. The van der Waals surface area contributed by atoms with Crippen LogP contribution < -0.4 is 4.90 Å². The van der Waals surface area contributed by atoms with Crippen molar-refractivity contribution in [2.75, 3.05) is 4.90 Å². The van der Waals surface area contributed by atoms with E-state index in [1.165, 1.54) is 75.1 Å². The van der Waals surface area contributed by atoms with E-state index in [4.69, 9.17) is 4.42 Å². The Labute approximate surface area is 369 Å². The molecule has 3 aliphatic rings. The van der Waals surface area contributed by atoms with Gasteiger partial charge in [-0.15, -0.1) is 23.1 Å². The second-order valence-electron chi connectivity index (χ2n) is 17.7. The third-order valence-electron chi connectivity index (χ3n) is 14.0. The Bertz CT molecular complexity index is 3550. The standard InChI is InChI=1S/C58H41NOS2/c1-57(2)46-19-6-4-14-45(46)52-47(57)33-32-43-42-17-12-21-49(53(42)60-54(43)52)59(37-28-24-35(25-29-37)39-15-10-18-44-41-13-5-7-22-50(41)61-55(39)44)38-30-26-36(27-31-38)40-16-11-20-48-56(40)62-51-23-8-9-34-58(48,51)3/h4-34,51H,1-3H3. The van der Waals surface area contributed by atoms with Crippen LogP contribution in [0.4, 0.5) is 17.1 Å². The quantitative estimate of drug-likeness (QED) is 0.172. The molecule has 0 amide bonds. The van der Waals surface area contributed by atoms with Crippen molar-refractivity contribution in [2.45, 2.75) is 41.7 Å². The molecule has 2 nitrogen and oxygen atoms in total. The number of hydrogen-bond acceptors (Lipinski definition) is 4. The molecule has 2 atom stereocenters. The average molecular weight is 832 g/mol. The monoisotopic (exact) mass is 831 g/mol. The van der Waals surface area contributed by atoms with Crippen LogP contribution in [0.1, 0.15) is 37.5 Å². The molecular weight excluding hydrogens is 791 g/mol. The van der Waals surface area contributed by atoms with Crippen LogP contribution in [0.5, 0.6) is 0 Å². The largest absolute Gasteiger partial charge is 0.453 e. The van der Waals surface area contributed by atoms with E-state index in [1.807, 2.05) is 23.1 Å². The van der Waals surface area contributed by atoms with E-state index in [1.54, 1.807) is 0 Å². The normalized spacial score (nSPS) is 18.1. The first kappa shape index (κ1) is 36.1. The molecule has 0 N–H and O–H groups in total. The fourth-order valence-electron chi connectivity index (χ4n) is 10.7. The second kappa shape index (κ2) is 13.2. The highest BCUT2D eigenvalue weighted by Gasteiger charge is 2.43. The van der Waals surface area contributed by atoms with Crippen LogP contribution in [-0.4, -0.2) is 5.25 Å². The predicted octanol–water partition coefficient (Wildman–Crippen LogP) is 16.9. The lowest BCUT2D eigenvalue weighted by molar-refractivity contribution is 0.620. The minimum atomic E-state index is -0.113. The summed E-state index contributed by atoms with van der Waals surface area (Å²) >= 11 is 3.87. The van der Waals surface area contributed by atoms with Gasteiger partial charge in [0, 0.05) is 68.9 Å². The minimum absolute atomic E-state index is 0.000620. The zero-order valence-corrected chi connectivity index (χ0v) is 36.3. The van der Waals surface area contributed by atoms with Gasteiger partial charge in [0.25, 0.3) is 0 Å². The van der Waals surface area contributed by atoms with E-state index in [0.29, 0.717) is 5.25 Å². The highest BCUT2D eigenvalue weighted by Crippen LogP contribution is 2.56. The predicted molar refractivity (Wildman–Crippen MR) is 265 cm³/mol. The first-order chi connectivity index (χ1) is 30.4. The van der Waals surface area contributed by atoms with E-state index < -0.39 is 0 Å². The number of anilines is 3. The number of furan rings is 1. The van der Waals surface area contributed by atoms with Crippen molar-refractivity contribution >= 4 is 82.3 Å². The summed E-state index contributed by atoms with van der Waals surface area (Å²) in [6.07, 6.45) is 9.13. The molecule has 2 aliphatic carbocycles. The summed E-state index contributed by atoms with van der Waals surface area (Å²) in [6.45, 7) is 7.04. The summed E-state index contributed by atoms with van der Waals surface area (Å²) in [5, 5.41) is 5.29. The van der Waals surface area contributed by atoms with Crippen molar-refractivity contribution in [1.29, 1.82) is 0 Å². The summed E-state index contributed by atoms with van der Waals surface area (Å²) in [5.74, 6) is 0. The number of hydrogen-bond donors (Lipinski definition) is 0. The lowest BCUT2D eigenvalue weighted by Crippen LogP contribution is -2.28. The van der Waals surface area contributed by atoms with Gasteiger partial charge >= 0.3 is 0 Å². The molecule has 4 heteroatoms. The van der Waals surface area contributed by atoms with Gasteiger partial charge in [-0.1, -0.05) is 172 Å². The second-order valence-corrected chi connectivity index (χ2v) is 20.0. The molecular formula is C58H41NOS2. The third-order valence-corrected chi connectivity index (χ3v) is 16.8. The fraction of sp³-hybridized carbons (Fsp3) is 0.103. The van der Waals surface area contributed by atoms with Crippen molar-refractivity contribution in [2.24, 2.45) is 0 Å². The molecule has 0 fully saturated rings. The Kier molecular flexibility index (Phi) is 7.69. The Balaban J connectivity index is 0.975. The van der Waals surface area contributed by atoms with Crippen LogP contribution in [0.3, 0.4) is 0 Å². The highest BCUT2D eigenvalue weighted by molar-refractivity contribution is 8.00. The maximum absolute atomic E-state index is 7.22. The zero-order valence-electron chi connectivity index (χ0n) is 34.6. The maximum atomic E-state index is 7.22. The maximum Gasteiger partial charge on any atom is 0.159 e. The van der Waals surface area contributed by atoms with Crippen LogP contribution in [0.15, 0.2) is 197 Å². The summed E-state index contributed by atoms with van der Waals surface area (Å²) < 4.78 is 9.86. The van der Waals surface area contributed by atoms with Gasteiger partial charge in [-0.25, -0.2) is 0 Å². The van der Waals surface area contributed by atoms with E-state index in [0.717, 1.165) is 39.0 Å². The Morgan fingerprint density at radius 2 is 1.16 bits per heavy atom. The van der Waals surface area contributed by atoms with Gasteiger partial charge in [-0.3, -0.25) is 0 Å². The molecule has 13 rings (SSSR count). The number of allylic oxidation sites excluding steroid dienone is 3. The Morgan fingerprint density at radius 1 is 0.516 bits per heavy atom. The summed E-state index contributed by atoms with van der Waals surface area (Å²) in [7, 11) is 0. The van der Waals surface area contributed by atoms with Crippen LogP contribution in [0.2, 0.25) is 0 Å². The highest BCUT2D eigenvalue weighted by atomic mass is 32.2. The SMILES string of the molecule is CC1(C)c2ccccc2-c2c1ccc1c2oc2c(N(c3ccc(-c4cccc5c4SC4C=CC=CC54C)cc3)c3ccc(-c4cccc5c4sc4ccccc45)cc3)cccc21. The van der Waals surface area contributed by atoms with Crippen LogP contribution in [0, 0.1) is 0 Å². The van der Waals surface area contributed by atoms with Gasteiger partial charge in [0.05, 0.1) is 5.69 Å². The summed E-state index contributed by atoms with van der Waals surface area (Å²) in [6, 6.07) is 60.6. The number of fused-ring (bicyclic) bond motifs is 13. The molecule has 8 aromatic carbocycles. The molecule has 3 heterocycles. The minimum Gasteiger partial charge on any atom is -0.453 e. The number of thioether (sulfide) groups is 1. The molecule has 2 unspecified atom stereocenters. The molecule has 0 saturated heterocycles. The molecule has 0 saturated carbocycles. The van der Waals surface area contributed by atoms with Gasteiger partial charge in [-0.05, 0) is 80.9 Å². The summed E-state index contributed by atoms with van der Waals surface area (Å²) in [5.41, 5.74) is 16.4. The van der Waals surface area contributed by atoms with E-state index in [2.05, 4.69) is 214 Å². The third kappa shape index (κ3) is 5.05. The average Bonchev–Trinajstić information content (AvgIpc) is 4.04. The van der Waals surface area contributed by atoms with Gasteiger partial charge < -0.3 is 9.32 Å². The lowest BCUT2D eigenvalue weighted by Gasteiger charge is -2.28. The van der Waals surface area contributed by atoms with Gasteiger partial charge in [0.15, 0.2) is 5.58 Å². The van der Waals surface area contributed by atoms with Crippen LogP contribution in [-0.2, 0) is 10.8 Å². The van der Waals surface area contributed by atoms with Crippen molar-refractivity contribution in [1.82, 2.24) is 0 Å². The van der Waals surface area contributed by atoms with Crippen molar-refractivity contribution < 1.29 is 4.42 Å². The van der Waals surface area contributed by atoms with Crippen LogP contribution >= 0.6 is 23.1 Å². The molecule has 10 aromatic rings. The molecule has 2 aromatic heterocycles. The number of para-hydroxylation sites is 1. The first-order valence-electron chi connectivity index (χ1n) is 21.5. The van der Waals surface area contributed by atoms with Crippen molar-refractivity contribution in [3.8, 4) is 33.4 Å². The van der Waals surface area contributed by atoms with E-state index in [9.17, 15) is 0 Å². The fourth-order valence-corrected chi connectivity index (χ4v) is 13.6. The van der Waals surface area contributed by atoms with Gasteiger partial charge in [0.1, 0.15) is 5.58 Å². The first-order valence-corrected chi connectivity index (χ1v) is 23.2. The van der Waals surface area contributed by atoms with Gasteiger partial charge in [0.2, 0.25) is 0 Å². The van der Waals surface area contributed by atoms with Crippen molar-refractivity contribution in [3.05, 3.63) is 205 Å². The van der Waals surface area contributed by atoms with Crippen molar-refractivity contribution in [3.63, 3.8) is 0 Å². The zero-order chi connectivity index (χ0) is 41.3. The molecule has 1 aliphatic heterocycles. The lowest BCUT2D eigenvalue weighted by atomic mass is 9.76. The van der Waals surface area contributed by atoms with Crippen LogP contribution in [0.25, 0.3) is 75.5 Å².